The van der Waals surface area contributed by atoms with Gasteiger partial charge in [0.15, 0.2) is 0 Å². The Kier molecular flexibility index (Phi) is 4.22. The van der Waals surface area contributed by atoms with Crippen LogP contribution in [0.15, 0.2) is 59.6 Å². The van der Waals surface area contributed by atoms with E-state index in [-0.39, 0.29) is 6.61 Å². The molecule has 0 saturated heterocycles. The lowest BCUT2D eigenvalue weighted by molar-refractivity contribution is 0.0925. The molecule has 0 fully saturated rings. The number of aromatic nitrogens is 2. The Morgan fingerprint density at radius 2 is 2.00 bits per heavy atom. The molecule has 0 spiro atoms. The first-order chi connectivity index (χ1) is 10.2. The number of aliphatic hydroxyl groups is 1. The van der Waals surface area contributed by atoms with E-state index in [0.717, 1.165) is 21.0 Å². The van der Waals surface area contributed by atoms with Crippen LogP contribution in [-0.2, 0) is 6.54 Å². The maximum atomic E-state index is 9.95. The van der Waals surface area contributed by atoms with Gasteiger partial charge in [0.05, 0.1) is 12.9 Å². The van der Waals surface area contributed by atoms with Crippen LogP contribution in [0.5, 0.6) is 5.75 Å². The minimum absolute atomic E-state index is 0.250. The van der Waals surface area contributed by atoms with Crippen molar-refractivity contribution in [1.29, 1.82) is 0 Å². The fourth-order valence-electron chi connectivity index (χ4n) is 2.17. The second-order valence-electron chi connectivity index (χ2n) is 4.88. The Hall–Kier alpha value is -1.85. The van der Waals surface area contributed by atoms with Gasteiger partial charge in [-0.1, -0.05) is 28.1 Å². The first kappa shape index (κ1) is 14.1. The van der Waals surface area contributed by atoms with E-state index in [9.17, 15) is 5.11 Å². The third-order valence-electron chi connectivity index (χ3n) is 3.20. The number of benzene rings is 2. The van der Waals surface area contributed by atoms with Crippen LogP contribution < -0.4 is 4.74 Å². The summed E-state index contributed by atoms with van der Waals surface area (Å²) in [5.74, 6) is 0.759. The molecule has 1 heterocycles. The molecule has 0 bridgehead atoms. The summed E-state index contributed by atoms with van der Waals surface area (Å²) in [6.07, 6.45) is 4.61. The number of fused-ring (bicyclic) bond motifs is 1. The van der Waals surface area contributed by atoms with Gasteiger partial charge in [0.25, 0.3) is 0 Å². The molecule has 2 aromatic carbocycles. The summed E-state index contributed by atoms with van der Waals surface area (Å²) in [6, 6.07) is 12.0. The minimum atomic E-state index is -0.570. The normalized spacial score (nSPS) is 12.5. The molecule has 3 rings (SSSR count). The Balaban J connectivity index is 1.63. The molecule has 3 aromatic rings. The lowest BCUT2D eigenvalue weighted by atomic mass is 10.1. The van der Waals surface area contributed by atoms with E-state index >= 15 is 0 Å². The van der Waals surface area contributed by atoms with Crippen LogP contribution in [0.2, 0.25) is 0 Å². The number of ether oxygens (including phenoxy) is 1. The maximum Gasteiger partial charge on any atom is 0.120 e. The summed E-state index contributed by atoms with van der Waals surface area (Å²) < 4.78 is 8.54. The highest BCUT2D eigenvalue weighted by Gasteiger charge is 2.06. The standard InChI is InChI=1S/C16H15BrN2O2/c17-14-3-1-13-8-16(4-2-12(13)7-14)21-10-15(20)9-19-6-5-18-11-19/h1-8,11,15,20H,9-10H2/t15-/m1/s1. The number of halogens is 1. The summed E-state index contributed by atoms with van der Waals surface area (Å²) in [5, 5.41) is 12.2. The molecule has 1 aromatic heterocycles. The SMILES string of the molecule is O[C@@H](COc1ccc2cc(Br)ccc2c1)Cn1ccnc1. The quantitative estimate of drug-likeness (QED) is 0.771. The molecule has 108 valence electrons. The van der Waals surface area contributed by atoms with Gasteiger partial charge in [0.1, 0.15) is 18.5 Å². The first-order valence-corrected chi connectivity index (χ1v) is 7.46. The molecule has 0 aliphatic carbocycles. The number of hydrogen-bond donors (Lipinski definition) is 1. The maximum absolute atomic E-state index is 9.95. The zero-order valence-electron chi connectivity index (χ0n) is 11.3. The largest absolute Gasteiger partial charge is 0.491 e. The molecular formula is C16H15BrN2O2. The van der Waals surface area contributed by atoms with Gasteiger partial charge in [-0.25, -0.2) is 4.98 Å². The number of rotatable bonds is 5. The van der Waals surface area contributed by atoms with E-state index in [2.05, 4.69) is 27.0 Å². The summed E-state index contributed by atoms with van der Waals surface area (Å²) in [7, 11) is 0. The molecule has 0 amide bonds. The van der Waals surface area contributed by atoms with Gasteiger partial charge in [-0.2, -0.15) is 0 Å². The van der Waals surface area contributed by atoms with Crippen LogP contribution in [0, 0.1) is 0 Å². The van der Waals surface area contributed by atoms with Gasteiger partial charge >= 0.3 is 0 Å². The van der Waals surface area contributed by atoms with E-state index in [0.29, 0.717) is 6.54 Å². The van der Waals surface area contributed by atoms with Crippen molar-refractivity contribution in [2.75, 3.05) is 6.61 Å². The van der Waals surface area contributed by atoms with E-state index in [1.807, 2.05) is 41.1 Å². The molecule has 0 unspecified atom stereocenters. The fraction of sp³-hybridized carbons (Fsp3) is 0.188. The topological polar surface area (TPSA) is 47.3 Å². The van der Waals surface area contributed by atoms with Crippen molar-refractivity contribution in [2.45, 2.75) is 12.6 Å². The molecule has 5 heteroatoms. The highest BCUT2D eigenvalue weighted by molar-refractivity contribution is 9.10. The van der Waals surface area contributed by atoms with Gasteiger partial charge < -0.3 is 14.4 Å². The molecule has 4 nitrogen and oxygen atoms in total. The number of hydrogen-bond acceptors (Lipinski definition) is 3. The summed E-state index contributed by atoms with van der Waals surface area (Å²) in [4.78, 5) is 3.94. The van der Waals surface area contributed by atoms with Crippen LogP contribution in [-0.4, -0.2) is 27.4 Å². The van der Waals surface area contributed by atoms with Crippen molar-refractivity contribution >= 4 is 26.7 Å². The smallest absolute Gasteiger partial charge is 0.120 e. The summed E-state index contributed by atoms with van der Waals surface area (Å²) in [5.41, 5.74) is 0. The predicted octanol–water partition coefficient (Wildman–Crippen LogP) is 3.24. The van der Waals surface area contributed by atoms with E-state index in [4.69, 9.17) is 4.74 Å². The average Bonchev–Trinajstić information content (AvgIpc) is 2.98. The minimum Gasteiger partial charge on any atom is -0.491 e. The van der Waals surface area contributed by atoms with Crippen molar-refractivity contribution in [3.63, 3.8) is 0 Å². The fourth-order valence-corrected chi connectivity index (χ4v) is 2.55. The van der Waals surface area contributed by atoms with Crippen molar-refractivity contribution < 1.29 is 9.84 Å². The van der Waals surface area contributed by atoms with Crippen molar-refractivity contribution in [3.8, 4) is 5.75 Å². The summed E-state index contributed by atoms with van der Waals surface area (Å²) >= 11 is 3.46. The van der Waals surface area contributed by atoms with E-state index in [1.54, 1.807) is 12.5 Å². The van der Waals surface area contributed by atoms with Gasteiger partial charge in [0, 0.05) is 16.9 Å². The van der Waals surface area contributed by atoms with Crippen LogP contribution in [0.25, 0.3) is 10.8 Å². The number of nitrogens with zero attached hydrogens (tertiary/aromatic N) is 2. The number of aliphatic hydroxyl groups excluding tert-OH is 1. The van der Waals surface area contributed by atoms with Gasteiger partial charge in [-0.15, -0.1) is 0 Å². The van der Waals surface area contributed by atoms with Crippen molar-refractivity contribution in [3.05, 3.63) is 59.6 Å². The molecule has 0 radical (unpaired) electrons. The molecular weight excluding hydrogens is 332 g/mol. The van der Waals surface area contributed by atoms with Crippen molar-refractivity contribution in [2.24, 2.45) is 0 Å². The molecule has 0 aliphatic rings. The van der Waals surface area contributed by atoms with Gasteiger partial charge in [-0.05, 0) is 35.0 Å². The lowest BCUT2D eigenvalue weighted by Crippen LogP contribution is -2.22. The molecule has 0 aliphatic heterocycles. The Bertz CT molecular complexity index is 728. The molecule has 1 atom stereocenters. The zero-order chi connectivity index (χ0) is 14.7. The predicted molar refractivity (Wildman–Crippen MR) is 85.4 cm³/mol. The monoisotopic (exact) mass is 346 g/mol. The Morgan fingerprint density at radius 3 is 2.81 bits per heavy atom. The second-order valence-corrected chi connectivity index (χ2v) is 5.79. The second kappa shape index (κ2) is 6.28. The summed E-state index contributed by atoms with van der Waals surface area (Å²) in [6.45, 7) is 0.723. The lowest BCUT2D eigenvalue weighted by Gasteiger charge is -2.13. The van der Waals surface area contributed by atoms with Crippen LogP contribution in [0.4, 0.5) is 0 Å². The van der Waals surface area contributed by atoms with E-state index in [1.165, 1.54) is 0 Å². The molecule has 0 saturated carbocycles. The third-order valence-corrected chi connectivity index (χ3v) is 3.69. The average molecular weight is 347 g/mol. The van der Waals surface area contributed by atoms with Crippen LogP contribution >= 0.6 is 15.9 Å². The van der Waals surface area contributed by atoms with Crippen molar-refractivity contribution in [1.82, 2.24) is 9.55 Å². The van der Waals surface area contributed by atoms with Gasteiger partial charge in [-0.3, -0.25) is 0 Å². The van der Waals surface area contributed by atoms with Crippen LogP contribution in [0.3, 0.4) is 0 Å². The van der Waals surface area contributed by atoms with Crippen LogP contribution in [0.1, 0.15) is 0 Å². The molecule has 21 heavy (non-hydrogen) atoms. The highest BCUT2D eigenvalue weighted by atomic mass is 79.9. The zero-order valence-corrected chi connectivity index (χ0v) is 12.9. The highest BCUT2D eigenvalue weighted by Crippen LogP contribution is 2.24. The molecule has 1 N–H and O–H groups in total. The number of imidazole rings is 1. The first-order valence-electron chi connectivity index (χ1n) is 6.66. The third kappa shape index (κ3) is 3.62. The Morgan fingerprint density at radius 1 is 1.19 bits per heavy atom. The Labute approximate surface area is 131 Å². The van der Waals surface area contributed by atoms with E-state index < -0.39 is 6.10 Å². The van der Waals surface area contributed by atoms with Gasteiger partial charge in [0.2, 0.25) is 0 Å².